The topological polar surface area (TPSA) is 38.9 Å². The molecular formula is C12H14N2. The first-order chi connectivity index (χ1) is 6.90. The highest BCUT2D eigenvalue weighted by atomic mass is 14.6. The lowest BCUT2D eigenvalue weighted by molar-refractivity contribution is 0.833. The molecule has 0 aliphatic rings. The molecule has 0 saturated carbocycles. The van der Waals surface area contributed by atoms with E-state index in [1.165, 1.54) is 10.9 Å². The summed E-state index contributed by atoms with van der Waals surface area (Å²) in [6.45, 7) is 0.755. The molecule has 2 nitrogen and oxygen atoms in total. The van der Waals surface area contributed by atoms with Gasteiger partial charge in [-0.05, 0) is 43.1 Å². The van der Waals surface area contributed by atoms with E-state index < -0.39 is 0 Å². The van der Waals surface area contributed by atoms with Crippen molar-refractivity contribution < 1.29 is 0 Å². The van der Waals surface area contributed by atoms with Gasteiger partial charge in [0.25, 0.3) is 0 Å². The summed E-state index contributed by atoms with van der Waals surface area (Å²) < 4.78 is 0. The van der Waals surface area contributed by atoms with Gasteiger partial charge >= 0.3 is 0 Å². The number of fused-ring (bicyclic) bond motifs is 1. The van der Waals surface area contributed by atoms with E-state index in [4.69, 9.17) is 5.73 Å². The molecule has 1 heterocycles. The molecule has 2 rings (SSSR count). The largest absolute Gasteiger partial charge is 0.330 e. The first-order valence-electron chi connectivity index (χ1n) is 4.94. The molecule has 2 heteroatoms. The van der Waals surface area contributed by atoms with Gasteiger partial charge in [-0.25, -0.2) is 0 Å². The van der Waals surface area contributed by atoms with Crippen LogP contribution in [0.1, 0.15) is 12.0 Å². The van der Waals surface area contributed by atoms with Gasteiger partial charge in [-0.1, -0.05) is 12.1 Å². The molecule has 72 valence electrons. The van der Waals surface area contributed by atoms with Crippen LogP contribution in [-0.2, 0) is 6.42 Å². The fourth-order valence-corrected chi connectivity index (χ4v) is 1.59. The van der Waals surface area contributed by atoms with Crippen molar-refractivity contribution in [1.29, 1.82) is 0 Å². The standard InChI is InChI=1S/C12H14N2/c13-7-1-3-10-5-6-12-11(9-10)4-2-8-14-12/h2,4-6,8-9H,1,3,7,13H2. The fraction of sp³-hybridized carbons (Fsp3) is 0.250. The van der Waals surface area contributed by atoms with Crippen molar-refractivity contribution >= 4 is 10.9 Å². The second-order valence-corrected chi connectivity index (χ2v) is 3.42. The van der Waals surface area contributed by atoms with Crippen molar-refractivity contribution in [2.24, 2.45) is 5.73 Å². The third-order valence-electron chi connectivity index (χ3n) is 2.34. The minimum atomic E-state index is 0.755. The predicted molar refractivity (Wildman–Crippen MR) is 59.1 cm³/mol. The average Bonchev–Trinajstić information content (AvgIpc) is 2.26. The number of nitrogens with zero attached hydrogens (tertiary/aromatic N) is 1. The zero-order chi connectivity index (χ0) is 9.80. The van der Waals surface area contributed by atoms with Crippen LogP contribution in [0.5, 0.6) is 0 Å². The van der Waals surface area contributed by atoms with E-state index in [-0.39, 0.29) is 0 Å². The predicted octanol–water partition coefficient (Wildman–Crippen LogP) is 2.13. The van der Waals surface area contributed by atoms with Crippen LogP contribution in [0.2, 0.25) is 0 Å². The zero-order valence-electron chi connectivity index (χ0n) is 8.11. The summed E-state index contributed by atoms with van der Waals surface area (Å²) in [6, 6.07) is 10.5. The fourth-order valence-electron chi connectivity index (χ4n) is 1.59. The first kappa shape index (κ1) is 9.16. The summed E-state index contributed by atoms with van der Waals surface area (Å²) >= 11 is 0. The Morgan fingerprint density at radius 2 is 2.14 bits per heavy atom. The molecule has 0 fully saturated rings. The second-order valence-electron chi connectivity index (χ2n) is 3.42. The molecule has 0 bridgehead atoms. The molecule has 0 aliphatic carbocycles. The third kappa shape index (κ3) is 1.91. The Balaban J connectivity index is 2.32. The molecule has 2 aromatic rings. The number of aryl methyl sites for hydroxylation is 1. The van der Waals surface area contributed by atoms with E-state index >= 15 is 0 Å². The molecule has 0 radical (unpaired) electrons. The highest BCUT2D eigenvalue weighted by Crippen LogP contribution is 2.14. The molecule has 0 atom stereocenters. The van der Waals surface area contributed by atoms with Crippen LogP contribution in [0.3, 0.4) is 0 Å². The maximum Gasteiger partial charge on any atom is 0.0702 e. The average molecular weight is 186 g/mol. The maximum atomic E-state index is 5.48. The molecule has 0 spiro atoms. The van der Waals surface area contributed by atoms with Gasteiger partial charge in [-0.15, -0.1) is 0 Å². The quantitative estimate of drug-likeness (QED) is 0.797. The highest BCUT2D eigenvalue weighted by Gasteiger charge is 1.96. The van der Waals surface area contributed by atoms with Gasteiger partial charge in [-0.3, -0.25) is 4.98 Å². The molecular weight excluding hydrogens is 172 g/mol. The summed E-state index contributed by atoms with van der Waals surface area (Å²) in [7, 11) is 0. The van der Waals surface area contributed by atoms with E-state index in [1.807, 2.05) is 12.3 Å². The van der Waals surface area contributed by atoms with Crippen molar-refractivity contribution in [3.05, 3.63) is 42.1 Å². The van der Waals surface area contributed by atoms with E-state index in [9.17, 15) is 0 Å². The summed E-state index contributed by atoms with van der Waals surface area (Å²) in [6.07, 6.45) is 3.93. The summed E-state index contributed by atoms with van der Waals surface area (Å²) in [5, 5.41) is 1.21. The van der Waals surface area contributed by atoms with Gasteiger partial charge < -0.3 is 5.73 Å². The Morgan fingerprint density at radius 1 is 1.21 bits per heavy atom. The van der Waals surface area contributed by atoms with Crippen molar-refractivity contribution in [1.82, 2.24) is 4.98 Å². The molecule has 1 aromatic heterocycles. The van der Waals surface area contributed by atoms with Crippen LogP contribution < -0.4 is 5.73 Å². The molecule has 0 saturated heterocycles. The van der Waals surface area contributed by atoms with Crippen molar-refractivity contribution in [3.63, 3.8) is 0 Å². The lowest BCUT2D eigenvalue weighted by Crippen LogP contribution is -2.00. The Kier molecular flexibility index (Phi) is 2.75. The van der Waals surface area contributed by atoms with E-state index in [2.05, 4.69) is 29.2 Å². The third-order valence-corrected chi connectivity index (χ3v) is 2.34. The first-order valence-corrected chi connectivity index (χ1v) is 4.94. The summed E-state index contributed by atoms with van der Waals surface area (Å²) in [4.78, 5) is 4.28. The maximum absolute atomic E-state index is 5.48. The SMILES string of the molecule is NCCCc1ccc2ncccc2c1. The van der Waals surface area contributed by atoms with E-state index in [1.54, 1.807) is 0 Å². The Labute approximate surface area is 83.8 Å². The Morgan fingerprint density at radius 3 is 3.00 bits per heavy atom. The van der Waals surface area contributed by atoms with Crippen LogP contribution in [0.25, 0.3) is 10.9 Å². The summed E-state index contributed by atoms with van der Waals surface area (Å²) in [5.74, 6) is 0. The molecule has 14 heavy (non-hydrogen) atoms. The minimum absolute atomic E-state index is 0.755. The van der Waals surface area contributed by atoms with Gasteiger partial charge in [0.15, 0.2) is 0 Å². The normalized spacial score (nSPS) is 10.6. The molecule has 1 aromatic carbocycles. The molecule has 2 N–H and O–H groups in total. The number of aromatic nitrogens is 1. The van der Waals surface area contributed by atoms with Crippen LogP contribution in [-0.4, -0.2) is 11.5 Å². The van der Waals surface area contributed by atoms with Gasteiger partial charge in [-0.2, -0.15) is 0 Å². The lowest BCUT2D eigenvalue weighted by atomic mass is 10.1. The van der Waals surface area contributed by atoms with E-state index in [0.29, 0.717) is 0 Å². The monoisotopic (exact) mass is 186 g/mol. The van der Waals surface area contributed by atoms with Crippen LogP contribution in [0.4, 0.5) is 0 Å². The van der Waals surface area contributed by atoms with Gasteiger partial charge in [0.1, 0.15) is 0 Å². The Hall–Kier alpha value is -1.41. The van der Waals surface area contributed by atoms with Gasteiger partial charge in [0.2, 0.25) is 0 Å². The molecule has 0 amide bonds. The number of nitrogens with two attached hydrogens (primary N) is 1. The smallest absolute Gasteiger partial charge is 0.0702 e. The number of hydrogen-bond donors (Lipinski definition) is 1. The lowest BCUT2D eigenvalue weighted by Gasteiger charge is -2.01. The molecule has 0 aliphatic heterocycles. The second kappa shape index (κ2) is 4.20. The van der Waals surface area contributed by atoms with Crippen molar-refractivity contribution in [2.75, 3.05) is 6.54 Å². The van der Waals surface area contributed by atoms with Gasteiger partial charge in [0, 0.05) is 11.6 Å². The minimum Gasteiger partial charge on any atom is -0.330 e. The van der Waals surface area contributed by atoms with Crippen molar-refractivity contribution in [3.8, 4) is 0 Å². The van der Waals surface area contributed by atoms with Crippen LogP contribution in [0, 0.1) is 0 Å². The number of pyridine rings is 1. The van der Waals surface area contributed by atoms with Crippen LogP contribution >= 0.6 is 0 Å². The zero-order valence-corrected chi connectivity index (χ0v) is 8.11. The molecule has 0 unspecified atom stereocenters. The highest BCUT2D eigenvalue weighted by molar-refractivity contribution is 5.78. The Bertz CT molecular complexity index is 423. The van der Waals surface area contributed by atoms with Gasteiger partial charge in [0.05, 0.1) is 5.52 Å². The van der Waals surface area contributed by atoms with Crippen molar-refractivity contribution in [2.45, 2.75) is 12.8 Å². The summed E-state index contributed by atoms with van der Waals surface area (Å²) in [5.41, 5.74) is 7.88. The van der Waals surface area contributed by atoms with E-state index in [0.717, 1.165) is 24.9 Å². The number of benzene rings is 1. The number of hydrogen-bond acceptors (Lipinski definition) is 2. The van der Waals surface area contributed by atoms with Crippen LogP contribution in [0.15, 0.2) is 36.5 Å². The number of rotatable bonds is 3.